The lowest BCUT2D eigenvalue weighted by Crippen LogP contribution is -2.08. The summed E-state index contributed by atoms with van der Waals surface area (Å²) in [6, 6.07) is 8.29. The van der Waals surface area contributed by atoms with Crippen LogP contribution in [0.4, 0.5) is 0 Å². The predicted octanol–water partition coefficient (Wildman–Crippen LogP) is 0.318. The monoisotopic (exact) mass is 228 g/mol. The van der Waals surface area contributed by atoms with Crippen LogP contribution in [0, 0.1) is 0 Å². The van der Waals surface area contributed by atoms with Crippen LogP contribution in [-0.4, -0.2) is 24.8 Å². The summed E-state index contributed by atoms with van der Waals surface area (Å²) < 4.78 is 28.3. The second-order valence-corrected chi connectivity index (χ2v) is 6.67. The van der Waals surface area contributed by atoms with E-state index in [4.69, 9.17) is 4.18 Å². The minimum absolute atomic E-state index is 0.0492. The maximum atomic E-state index is 11.6. The fourth-order valence-corrected chi connectivity index (χ4v) is 3.22. The molecule has 2 unspecified atom stereocenters. The fourth-order valence-electron chi connectivity index (χ4n) is 1.23. The molecule has 14 heavy (non-hydrogen) atoms. The van der Waals surface area contributed by atoms with E-state index in [1.807, 2.05) is 0 Å². The molecule has 0 bridgehead atoms. The van der Waals surface area contributed by atoms with Crippen molar-refractivity contribution in [2.45, 2.75) is 23.0 Å². The van der Waals surface area contributed by atoms with Crippen molar-refractivity contribution in [3.05, 3.63) is 30.3 Å². The highest BCUT2D eigenvalue weighted by Crippen LogP contribution is 2.38. The highest BCUT2D eigenvalue weighted by atomic mass is 32.2. The van der Waals surface area contributed by atoms with Gasteiger partial charge in [0.15, 0.2) is 0 Å². The zero-order valence-corrected chi connectivity index (χ0v) is 10.7. The molecular formula is C9H12O3SSi. The Hall–Kier alpha value is -0.653. The second-order valence-electron chi connectivity index (χ2n) is 3.61. The summed E-state index contributed by atoms with van der Waals surface area (Å²) in [5, 5.41) is 0. The van der Waals surface area contributed by atoms with E-state index < -0.39 is 10.1 Å². The zero-order chi connectivity index (χ0) is 10.2. The summed E-state index contributed by atoms with van der Waals surface area (Å²) in [5.74, 6) is 0. The first-order valence-corrected chi connectivity index (χ1v) is 7.14. The highest BCUT2D eigenvalue weighted by molar-refractivity contribution is 7.86. The lowest BCUT2D eigenvalue weighted by atomic mass is 10.4. The van der Waals surface area contributed by atoms with Crippen LogP contribution in [0.5, 0.6) is 0 Å². The molecule has 1 aliphatic rings. The second kappa shape index (κ2) is 3.49. The van der Waals surface area contributed by atoms with Gasteiger partial charge >= 0.3 is 0 Å². The zero-order valence-electron chi connectivity index (χ0n) is 7.88. The third-order valence-corrected chi connectivity index (χ3v) is 4.88. The molecule has 5 heteroatoms. The number of hydrogen-bond donors (Lipinski definition) is 0. The SMILES string of the molecule is O=S(=O)(OC1CC1[SiH3])c1ccccc1. The van der Waals surface area contributed by atoms with Crippen LogP contribution in [0.25, 0.3) is 0 Å². The molecule has 0 amide bonds. The average Bonchev–Trinajstić information content (AvgIpc) is 2.82. The van der Waals surface area contributed by atoms with Crippen LogP contribution in [0.3, 0.4) is 0 Å². The largest absolute Gasteiger partial charge is 0.297 e. The minimum Gasteiger partial charge on any atom is -0.263 e. The van der Waals surface area contributed by atoms with Crippen LogP contribution in [-0.2, 0) is 14.3 Å². The van der Waals surface area contributed by atoms with E-state index >= 15 is 0 Å². The van der Waals surface area contributed by atoms with E-state index in [0.717, 1.165) is 16.7 Å². The lowest BCUT2D eigenvalue weighted by molar-refractivity contribution is 0.305. The molecule has 0 N–H and O–H groups in total. The van der Waals surface area contributed by atoms with Crippen LogP contribution >= 0.6 is 0 Å². The van der Waals surface area contributed by atoms with Crippen molar-refractivity contribution < 1.29 is 12.6 Å². The van der Waals surface area contributed by atoms with Gasteiger partial charge in [0, 0.05) is 10.2 Å². The Morgan fingerprint density at radius 2 is 1.86 bits per heavy atom. The summed E-state index contributed by atoms with van der Waals surface area (Å²) >= 11 is 0. The first-order chi connectivity index (χ1) is 6.59. The summed E-state index contributed by atoms with van der Waals surface area (Å²) in [7, 11) is -2.50. The van der Waals surface area contributed by atoms with Gasteiger partial charge in [-0.15, -0.1) is 0 Å². The molecule has 2 rings (SSSR count). The van der Waals surface area contributed by atoms with Crippen LogP contribution in [0.2, 0.25) is 5.54 Å². The number of benzene rings is 1. The standard InChI is InChI=1S/C9H12O3SSi/c10-13(11,12-8-6-9(8)14)7-4-2-1-3-5-7/h1-5,8-9H,6H2,14H3. The van der Waals surface area contributed by atoms with Crippen molar-refractivity contribution in [3.8, 4) is 0 Å². The Bertz CT molecular complexity index is 415. The lowest BCUT2D eigenvalue weighted by Gasteiger charge is -2.03. The molecular weight excluding hydrogens is 216 g/mol. The van der Waals surface area contributed by atoms with Crippen molar-refractivity contribution in [3.63, 3.8) is 0 Å². The molecule has 1 aromatic carbocycles. The van der Waals surface area contributed by atoms with Crippen molar-refractivity contribution in [1.29, 1.82) is 0 Å². The molecule has 0 radical (unpaired) electrons. The van der Waals surface area contributed by atoms with Gasteiger partial charge in [0.1, 0.15) is 0 Å². The predicted molar refractivity (Wildman–Crippen MR) is 56.8 cm³/mol. The van der Waals surface area contributed by atoms with Gasteiger partial charge in [-0.1, -0.05) is 18.2 Å². The van der Waals surface area contributed by atoms with Gasteiger partial charge in [-0.25, -0.2) is 0 Å². The van der Waals surface area contributed by atoms with E-state index in [9.17, 15) is 8.42 Å². The summed E-state index contributed by atoms with van der Waals surface area (Å²) in [6.45, 7) is 0. The van der Waals surface area contributed by atoms with Gasteiger partial charge in [-0.2, -0.15) is 8.42 Å². The van der Waals surface area contributed by atoms with Crippen LogP contribution < -0.4 is 0 Å². The molecule has 1 saturated carbocycles. The highest BCUT2D eigenvalue weighted by Gasteiger charge is 2.38. The van der Waals surface area contributed by atoms with Gasteiger partial charge in [0.25, 0.3) is 10.1 Å². The first-order valence-electron chi connectivity index (χ1n) is 4.58. The quantitative estimate of drug-likeness (QED) is 0.553. The van der Waals surface area contributed by atoms with E-state index in [2.05, 4.69) is 0 Å². The van der Waals surface area contributed by atoms with Crippen LogP contribution in [0.1, 0.15) is 6.42 Å². The molecule has 1 aromatic rings. The molecule has 76 valence electrons. The number of hydrogen-bond acceptors (Lipinski definition) is 3. The average molecular weight is 228 g/mol. The molecule has 0 saturated heterocycles. The third kappa shape index (κ3) is 2.05. The summed E-state index contributed by atoms with van der Waals surface area (Å²) in [5.41, 5.74) is 0.508. The topological polar surface area (TPSA) is 43.4 Å². The summed E-state index contributed by atoms with van der Waals surface area (Å²) in [4.78, 5) is 0.251. The Morgan fingerprint density at radius 3 is 2.36 bits per heavy atom. The molecule has 1 fully saturated rings. The number of rotatable bonds is 3. The smallest absolute Gasteiger partial charge is 0.263 e. The van der Waals surface area contributed by atoms with E-state index in [1.165, 1.54) is 0 Å². The van der Waals surface area contributed by atoms with Gasteiger partial charge in [-0.3, -0.25) is 4.18 Å². The molecule has 3 nitrogen and oxygen atoms in total. The van der Waals surface area contributed by atoms with E-state index in [1.54, 1.807) is 30.3 Å². The molecule has 0 heterocycles. The maximum Gasteiger partial charge on any atom is 0.297 e. The molecule has 1 aliphatic carbocycles. The maximum absolute atomic E-state index is 11.6. The van der Waals surface area contributed by atoms with Crippen LogP contribution in [0.15, 0.2) is 35.2 Å². The van der Waals surface area contributed by atoms with E-state index in [0.29, 0.717) is 5.54 Å². The molecule has 2 atom stereocenters. The van der Waals surface area contributed by atoms with Gasteiger partial charge < -0.3 is 0 Å². The molecule has 0 aromatic heterocycles. The normalized spacial score (nSPS) is 26.3. The molecule has 0 spiro atoms. The Labute approximate surface area is 86.6 Å². The van der Waals surface area contributed by atoms with E-state index in [-0.39, 0.29) is 11.0 Å². The third-order valence-electron chi connectivity index (χ3n) is 2.32. The van der Waals surface area contributed by atoms with Gasteiger partial charge in [-0.05, 0) is 24.1 Å². The van der Waals surface area contributed by atoms with Crippen molar-refractivity contribution in [2.75, 3.05) is 0 Å². The minimum atomic E-state index is -3.51. The van der Waals surface area contributed by atoms with Crippen molar-refractivity contribution >= 4 is 20.4 Å². The molecule has 0 aliphatic heterocycles. The van der Waals surface area contributed by atoms with Crippen molar-refractivity contribution in [2.24, 2.45) is 0 Å². The summed E-state index contributed by atoms with van der Waals surface area (Å²) in [6.07, 6.45) is 0.852. The fraction of sp³-hybridized carbons (Fsp3) is 0.333. The Balaban J connectivity index is 2.17. The van der Waals surface area contributed by atoms with Crippen molar-refractivity contribution in [1.82, 2.24) is 0 Å². The Morgan fingerprint density at radius 1 is 1.29 bits per heavy atom. The Kier molecular flexibility index (Phi) is 2.46. The van der Waals surface area contributed by atoms with Gasteiger partial charge in [0.05, 0.1) is 11.0 Å². The first kappa shape index (κ1) is 9.89. The van der Waals surface area contributed by atoms with Gasteiger partial charge in [0.2, 0.25) is 0 Å².